The van der Waals surface area contributed by atoms with E-state index in [1.807, 2.05) is 38.1 Å². The zero-order chi connectivity index (χ0) is 24.2. The molecule has 0 spiro atoms. The molecule has 3 aromatic rings. The Kier molecular flexibility index (Phi) is 9.11. The van der Waals surface area contributed by atoms with Gasteiger partial charge in [-0.1, -0.05) is 36.2 Å². The van der Waals surface area contributed by atoms with Crippen LogP contribution in [0.3, 0.4) is 0 Å². The Hall–Kier alpha value is -1.29. The van der Waals surface area contributed by atoms with Crippen molar-refractivity contribution in [2.45, 2.75) is 35.8 Å². The molecule has 0 N–H and O–H groups in total. The number of esters is 1. The van der Waals surface area contributed by atoms with Gasteiger partial charge in [0.1, 0.15) is 4.21 Å². The second-order valence-electron chi connectivity index (χ2n) is 7.43. The summed E-state index contributed by atoms with van der Waals surface area (Å²) in [7, 11) is -2.30. The fourth-order valence-corrected chi connectivity index (χ4v) is 8.36. The molecule has 33 heavy (non-hydrogen) atoms. The molecule has 5 nitrogen and oxygen atoms in total. The first-order valence-corrected chi connectivity index (χ1v) is 14.3. The molecule has 178 valence electrons. The summed E-state index contributed by atoms with van der Waals surface area (Å²) in [5.74, 6) is 0.219. The van der Waals surface area contributed by atoms with Crippen molar-refractivity contribution in [1.82, 2.24) is 4.31 Å². The van der Waals surface area contributed by atoms with Gasteiger partial charge in [-0.15, -0.1) is 23.1 Å². The van der Waals surface area contributed by atoms with Gasteiger partial charge in [0.2, 0.25) is 0 Å². The van der Waals surface area contributed by atoms with E-state index in [1.54, 1.807) is 16.4 Å². The number of fused-ring (bicyclic) bond motifs is 1. The standard InChI is InChI=1S/C23H25Cl2NO4S3/c1-4-9-26(10-11-31-21-7-5-16(12-19(21)25)13-22(27)30-3)33(28,29)23-15(2)18-14-17(24)6-8-20(18)32-23/h5-8,12,14H,4,9-11,13H2,1-3H3. The zero-order valence-electron chi connectivity index (χ0n) is 18.6. The number of thiophene rings is 1. The lowest BCUT2D eigenvalue weighted by atomic mass is 10.1. The number of carbonyl (C=O) groups excluding carboxylic acids is 1. The summed E-state index contributed by atoms with van der Waals surface area (Å²) in [6.45, 7) is 4.58. The van der Waals surface area contributed by atoms with Gasteiger partial charge >= 0.3 is 5.97 Å². The minimum Gasteiger partial charge on any atom is -0.469 e. The van der Waals surface area contributed by atoms with Gasteiger partial charge in [-0.2, -0.15) is 4.31 Å². The second kappa shape index (κ2) is 11.4. The molecule has 0 saturated carbocycles. The van der Waals surface area contributed by atoms with Crippen molar-refractivity contribution >= 4 is 72.4 Å². The van der Waals surface area contributed by atoms with E-state index in [4.69, 9.17) is 23.2 Å². The lowest BCUT2D eigenvalue weighted by molar-refractivity contribution is -0.139. The minimum absolute atomic E-state index is 0.156. The first-order valence-electron chi connectivity index (χ1n) is 10.3. The van der Waals surface area contributed by atoms with Gasteiger partial charge in [0.25, 0.3) is 10.0 Å². The number of methoxy groups -OCH3 is 1. The van der Waals surface area contributed by atoms with Gasteiger partial charge in [0, 0.05) is 33.5 Å². The molecule has 0 saturated heterocycles. The summed E-state index contributed by atoms with van der Waals surface area (Å²) in [6.07, 6.45) is 0.867. The highest BCUT2D eigenvalue weighted by Gasteiger charge is 2.28. The van der Waals surface area contributed by atoms with E-state index < -0.39 is 10.0 Å². The molecular formula is C23H25Cl2NO4S3. The number of carbonyl (C=O) groups is 1. The summed E-state index contributed by atoms with van der Waals surface area (Å²) in [6, 6.07) is 10.9. The average Bonchev–Trinajstić information content (AvgIpc) is 3.11. The average molecular weight is 547 g/mol. The van der Waals surface area contributed by atoms with Crippen LogP contribution in [0.4, 0.5) is 0 Å². The Labute approximate surface area is 213 Å². The molecule has 0 aliphatic carbocycles. The molecule has 0 fully saturated rings. The van der Waals surface area contributed by atoms with Gasteiger partial charge in [0.15, 0.2) is 0 Å². The van der Waals surface area contributed by atoms with Crippen molar-refractivity contribution in [3.05, 3.63) is 57.6 Å². The summed E-state index contributed by atoms with van der Waals surface area (Å²) in [5, 5.41) is 1.99. The van der Waals surface area contributed by atoms with Crippen molar-refractivity contribution in [3.63, 3.8) is 0 Å². The van der Waals surface area contributed by atoms with Crippen molar-refractivity contribution in [2.24, 2.45) is 0 Å². The molecule has 0 amide bonds. The van der Waals surface area contributed by atoms with Crippen LogP contribution in [0.1, 0.15) is 24.5 Å². The highest BCUT2D eigenvalue weighted by Crippen LogP contribution is 2.37. The van der Waals surface area contributed by atoms with Crippen LogP contribution < -0.4 is 0 Å². The Morgan fingerprint density at radius 1 is 1.15 bits per heavy atom. The molecule has 1 aromatic heterocycles. The maximum atomic E-state index is 13.5. The number of sulfonamides is 1. The highest BCUT2D eigenvalue weighted by atomic mass is 35.5. The fraction of sp³-hybridized carbons (Fsp3) is 0.348. The Morgan fingerprint density at radius 2 is 1.91 bits per heavy atom. The smallest absolute Gasteiger partial charge is 0.309 e. The molecule has 0 aliphatic heterocycles. The third-order valence-electron chi connectivity index (χ3n) is 5.07. The van der Waals surface area contributed by atoms with Gasteiger partial charge in [-0.3, -0.25) is 4.79 Å². The lowest BCUT2D eigenvalue weighted by Crippen LogP contribution is -2.33. The van der Waals surface area contributed by atoms with Crippen LogP contribution in [0.15, 0.2) is 45.5 Å². The maximum absolute atomic E-state index is 13.5. The van der Waals surface area contributed by atoms with Crippen molar-refractivity contribution in [1.29, 1.82) is 0 Å². The fourth-order valence-electron chi connectivity index (χ4n) is 3.40. The SMILES string of the molecule is CCCN(CCSc1ccc(CC(=O)OC)cc1Cl)S(=O)(=O)c1sc2ccc(Cl)cc2c1C. The van der Waals surface area contributed by atoms with Crippen LogP contribution >= 0.6 is 46.3 Å². The van der Waals surface area contributed by atoms with Crippen LogP contribution in [0.25, 0.3) is 10.1 Å². The number of hydrogen-bond donors (Lipinski definition) is 0. The number of benzene rings is 2. The number of ether oxygens (including phenoxy) is 1. The molecule has 10 heteroatoms. The summed E-state index contributed by atoms with van der Waals surface area (Å²) >= 11 is 15.3. The molecule has 3 rings (SSSR count). The zero-order valence-corrected chi connectivity index (χ0v) is 22.5. The predicted molar refractivity (Wildman–Crippen MR) is 139 cm³/mol. The first-order chi connectivity index (χ1) is 15.7. The Balaban J connectivity index is 1.75. The van der Waals surface area contributed by atoms with Gasteiger partial charge < -0.3 is 4.74 Å². The van der Waals surface area contributed by atoms with Crippen molar-refractivity contribution in [2.75, 3.05) is 26.0 Å². The third-order valence-corrected chi connectivity index (χ3v) is 10.6. The number of hydrogen-bond acceptors (Lipinski definition) is 6. The van der Waals surface area contributed by atoms with E-state index in [1.165, 1.54) is 30.2 Å². The quantitative estimate of drug-likeness (QED) is 0.217. The molecule has 0 bridgehead atoms. The summed E-state index contributed by atoms with van der Waals surface area (Å²) in [5.41, 5.74) is 1.50. The lowest BCUT2D eigenvalue weighted by Gasteiger charge is -2.21. The molecule has 2 aromatic carbocycles. The van der Waals surface area contributed by atoms with E-state index in [2.05, 4.69) is 4.74 Å². The number of thioether (sulfide) groups is 1. The van der Waals surface area contributed by atoms with E-state index in [9.17, 15) is 13.2 Å². The van der Waals surface area contributed by atoms with Crippen LogP contribution in [0.2, 0.25) is 10.0 Å². The van der Waals surface area contributed by atoms with E-state index in [0.29, 0.717) is 39.5 Å². The van der Waals surface area contributed by atoms with Crippen LogP contribution in [0, 0.1) is 6.92 Å². The molecule has 0 atom stereocenters. The predicted octanol–water partition coefficient (Wildman–Crippen LogP) is 6.43. The molecule has 1 heterocycles. The van der Waals surface area contributed by atoms with E-state index >= 15 is 0 Å². The second-order valence-corrected chi connectivity index (χ2v) is 12.6. The first kappa shape index (κ1) is 26.3. The summed E-state index contributed by atoms with van der Waals surface area (Å²) in [4.78, 5) is 12.3. The van der Waals surface area contributed by atoms with Crippen molar-refractivity contribution in [3.8, 4) is 0 Å². The topological polar surface area (TPSA) is 63.7 Å². The molecular weight excluding hydrogens is 521 g/mol. The van der Waals surface area contributed by atoms with Crippen LogP contribution in [-0.4, -0.2) is 44.6 Å². The number of rotatable bonds is 10. The Morgan fingerprint density at radius 3 is 2.58 bits per heavy atom. The van der Waals surface area contributed by atoms with E-state index in [-0.39, 0.29) is 12.4 Å². The Bertz CT molecular complexity index is 1260. The monoisotopic (exact) mass is 545 g/mol. The van der Waals surface area contributed by atoms with Gasteiger partial charge in [-0.05, 0) is 60.2 Å². The maximum Gasteiger partial charge on any atom is 0.309 e. The number of aryl methyl sites for hydroxylation is 1. The number of halogens is 2. The van der Waals surface area contributed by atoms with Gasteiger partial charge in [0.05, 0.1) is 18.6 Å². The van der Waals surface area contributed by atoms with Gasteiger partial charge in [-0.25, -0.2) is 8.42 Å². The highest BCUT2D eigenvalue weighted by molar-refractivity contribution is 7.99. The van der Waals surface area contributed by atoms with E-state index in [0.717, 1.165) is 26.1 Å². The molecule has 0 unspecified atom stereocenters. The molecule has 0 aliphatic rings. The normalized spacial score (nSPS) is 11.9. The largest absolute Gasteiger partial charge is 0.469 e. The number of nitrogens with zero attached hydrogens (tertiary/aromatic N) is 1. The minimum atomic E-state index is -3.65. The third kappa shape index (κ3) is 6.24. The van der Waals surface area contributed by atoms with Crippen LogP contribution in [0.5, 0.6) is 0 Å². The van der Waals surface area contributed by atoms with Crippen molar-refractivity contribution < 1.29 is 17.9 Å². The molecule has 0 radical (unpaired) electrons. The summed E-state index contributed by atoms with van der Waals surface area (Å²) < 4.78 is 34.5. The van der Waals surface area contributed by atoms with Crippen LogP contribution in [-0.2, 0) is 26.0 Å².